The van der Waals surface area contributed by atoms with Crippen LogP contribution in [-0.4, -0.2) is 22.4 Å². The van der Waals surface area contributed by atoms with Gasteiger partial charge in [-0.3, -0.25) is 4.79 Å². The van der Waals surface area contributed by atoms with Gasteiger partial charge < -0.3 is 10.6 Å². The lowest BCUT2D eigenvalue weighted by molar-refractivity contribution is 0.0944. The van der Waals surface area contributed by atoms with Crippen LogP contribution in [0.1, 0.15) is 29.9 Å². The van der Waals surface area contributed by atoms with Crippen LogP contribution in [0.4, 0.5) is 11.6 Å². The highest BCUT2D eigenvalue weighted by Crippen LogP contribution is 2.13. The van der Waals surface area contributed by atoms with Gasteiger partial charge in [0.2, 0.25) is 5.95 Å². The normalized spacial score (nSPS) is 10.1. The van der Waals surface area contributed by atoms with Crippen LogP contribution in [-0.2, 0) is 0 Å². The van der Waals surface area contributed by atoms with Crippen molar-refractivity contribution in [2.75, 3.05) is 11.9 Å². The summed E-state index contributed by atoms with van der Waals surface area (Å²) in [5.41, 5.74) is 1.64. The second-order valence-electron chi connectivity index (χ2n) is 5.18. The summed E-state index contributed by atoms with van der Waals surface area (Å²) < 4.78 is 0. The first-order valence-corrected chi connectivity index (χ1v) is 6.97. The summed E-state index contributed by atoms with van der Waals surface area (Å²) in [4.78, 5) is 20.2. The summed E-state index contributed by atoms with van der Waals surface area (Å²) in [6.45, 7) is 4.65. The lowest BCUT2D eigenvalue weighted by Crippen LogP contribution is -2.28. The number of carbonyl (C=O) groups excluding carboxylic acids is 1. The van der Waals surface area contributed by atoms with Crippen molar-refractivity contribution in [1.82, 2.24) is 15.3 Å². The van der Waals surface area contributed by atoms with Gasteiger partial charge in [-0.2, -0.15) is 5.26 Å². The van der Waals surface area contributed by atoms with Gasteiger partial charge in [-0.15, -0.1) is 0 Å². The van der Waals surface area contributed by atoms with E-state index in [4.69, 9.17) is 5.26 Å². The van der Waals surface area contributed by atoms with Crippen molar-refractivity contribution in [3.05, 3.63) is 47.8 Å². The summed E-state index contributed by atoms with van der Waals surface area (Å²) in [5.74, 6) is 0.489. The standard InChI is InChI=1S/C16H17N5O/c1-11(2)10-19-15(22)14-7-8-18-16(21-14)20-13-5-3-12(9-17)4-6-13/h3-8,11H,10H2,1-2H3,(H,19,22)(H,18,20,21). The molecule has 0 radical (unpaired) electrons. The molecule has 0 saturated carbocycles. The molecule has 0 aliphatic rings. The van der Waals surface area contributed by atoms with E-state index in [0.29, 0.717) is 29.7 Å². The number of rotatable bonds is 5. The predicted molar refractivity (Wildman–Crippen MR) is 83.6 cm³/mol. The van der Waals surface area contributed by atoms with E-state index in [2.05, 4.69) is 26.7 Å². The molecule has 112 valence electrons. The molecule has 0 atom stereocenters. The summed E-state index contributed by atoms with van der Waals surface area (Å²) >= 11 is 0. The third-order valence-electron chi connectivity index (χ3n) is 2.83. The molecule has 6 heteroatoms. The van der Waals surface area contributed by atoms with Gasteiger partial charge in [0.1, 0.15) is 5.69 Å². The zero-order chi connectivity index (χ0) is 15.9. The molecular formula is C16H17N5O. The average Bonchev–Trinajstić information content (AvgIpc) is 2.53. The van der Waals surface area contributed by atoms with E-state index < -0.39 is 0 Å². The number of anilines is 2. The lowest BCUT2D eigenvalue weighted by atomic mass is 10.2. The van der Waals surface area contributed by atoms with Crippen molar-refractivity contribution in [1.29, 1.82) is 5.26 Å². The lowest BCUT2D eigenvalue weighted by Gasteiger charge is -2.08. The fourth-order valence-corrected chi connectivity index (χ4v) is 1.69. The number of carbonyl (C=O) groups is 1. The SMILES string of the molecule is CC(C)CNC(=O)c1ccnc(Nc2ccc(C#N)cc2)n1. The van der Waals surface area contributed by atoms with Crippen LogP contribution in [0.2, 0.25) is 0 Å². The smallest absolute Gasteiger partial charge is 0.270 e. The Morgan fingerprint density at radius 1 is 1.27 bits per heavy atom. The largest absolute Gasteiger partial charge is 0.350 e. The van der Waals surface area contributed by atoms with Crippen LogP contribution in [0, 0.1) is 17.2 Å². The topological polar surface area (TPSA) is 90.7 Å². The molecule has 1 heterocycles. The minimum Gasteiger partial charge on any atom is -0.350 e. The van der Waals surface area contributed by atoms with E-state index in [1.807, 2.05) is 13.8 Å². The Kier molecular flexibility index (Phi) is 5.04. The van der Waals surface area contributed by atoms with Crippen LogP contribution in [0.25, 0.3) is 0 Å². The van der Waals surface area contributed by atoms with Crippen molar-refractivity contribution >= 4 is 17.5 Å². The molecule has 0 unspecified atom stereocenters. The molecule has 0 aliphatic heterocycles. The molecule has 22 heavy (non-hydrogen) atoms. The number of nitrogens with zero attached hydrogens (tertiary/aromatic N) is 3. The van der Waals surface area contributed by atoms with Crippen LogP contribution in [0.3, 0.4) is 0 Å². The number of amides is 1. The highest BCUT2D eigenvalue weighted by Gasteiger charge is 2.09. The fourth-order valence-electron chi connectivity index (χ4n) is 1.69. The Labute approximate surface area is 129 Å². The Balaban J connectivity index is 2.07. The highest BCUT2D eigenvalue weighted by molar-refractivity contribution is 5.92. The molecule has 0 spiro atoms. The molecule has 0 fully saturated rings. The Bertz CT molecular complexity index is 688. The van der Waals surface area contributed by atoms with E-state index >= 15 is 0 Å². The number of benzene rings is 1. The zero-order valence-electron chi connectivity index (χ0n) is 12.5. The monoisotopic (exact) mass is 295 g/mol. The second-order valence-corrected chi connectivity index (χ2v) is 5.18. The summed E-state index contributed by atoms with van der Waals surface area (Å²) in [7, 11) is 0. The first kappa shape index (κ1) is 15.4. The van der Waals surface area contributed by atoms with Crippen molar-refractivity contribution in [2.24, 2.45) is 5.92 Å². The van der Waals surface area contributed by atoms with Gasteiger partial charge >= 0.3 is 0 Å². The Hall–Kier alpha value is -2.94. The number of aromatic nitrogens is 2. The number of nitrogens with one attached hydrogen (secondary N) is 2. The van der Waals surface area contributed by atoms with Crippen molar-refractivity contribution in [3.63, 3.8) is 0 Å². The van der Waals surface area contributed by atoms with E-state index in [1.165, 1.54) is 6.20 Å². The number of hydrogen-bond donors (Lipinski definition) is 2. The van der Waals surface area contributed by atoms with Gasteiger partial charge in [-0.1, -0.05) is 13.8 Å². The second kappa shape index (κ2) is 7.18. The van der Waals surface area contributed by atoms with E-state index in [9.17, 15) is 4.79 Å². The van der Waals surface area contributed by atoms with E-state index in [0.717, 1.165) is 5.69 Å². The highest BCUT2D eigenvalue weighted by atomic mass is 16.1. The van der Waals surface area contributed by atoms with Crippen LogP contribution in [0.5, 0.6) is 0 Å². The minimum atomic E-state index is -0.223. The fraction of sp³-hybridized carbons (Fsp3) is 0.250. The first-order valence-electron chi connectivity index (χ1n) is 6.97. The van der Waals surface area contributed by atoms with Gasteiger partial charge in [0.25, 0.3) is 5.91 Å². The first-order chi connectivity index (χ1) is 10.6. The van der Waals surface area contributed by atoms with E-state index in [-0.39, 0.29) is 5.91 Å². The summed E-state index contributed by atoms with van der Waals surface area (Å²) in [5, 5.41) is 14.6. The molecular weight excluding hydrogens is 278 g/mol. The van der Waals surface area contributed by atoms with Crippen molar-refractivity contribution < 1.29 is 4.79 Å². The van der Waals surface area contributed by atoms with Gasteiger partial charge in [-0.25, -0.2) is 9.97 Å². The van der Waals surface area contributed by atoms with Gasteiger partial charge in [0, 0.05) is 18.4 Å². The van der Waals surface area contributed by atoms with Crippen molar-refractivity contribution in [3.8, 4) is 6.07 Å². The summed E-state index contributed by atoms with van der Waals surface area (Å²) in [6, 6.07) is 10.5. The molecule has 2 N–H and O–H groups in total. The molecule has 2 rings (SSSR count). The molecule has 0 saturated heterocycles. The predicted octanol–water partition coefficient (Wildman–Crippen LogP) is 2.48. The zero-order valence-corrected chi connectivity index (χ0v) is 12.5. The van der Waals surface area contributed by atoms with Gasteiger partial charge in [0.05, 0.1) is 11.6 Å². The molecule has 1 aromatic carbocycles. The summed E-state index contributed by atoms with van der Waals surface area (Å²) in [6.07, 6.45) is 1.53. The maximum atomic E-state index is 12.0. The van der Waals surface area contributed by atoms with Crippen LogP contribution >= 0.6 is 0 Å². The molecule has 2 aromatic rings. The third kappa shape index (κ3) is 4.28. The molecule has 1 amide bonds. The molecule has 0 aliphatic carbocycles. The van der Waals surface area contributed by atoms with Crippen LogP contribution in [0.15, 0.2) is 36.5 Å². The Morgan fingerprint density at radius 3 is 2.64 bits per heavy atom. The van der Waals surface area contributed by atoms with Crippen LogP contribution < -0.4 is 10.6 Å². The van der Waals surface area contributed by atoms with Gasteiger partial charge in [0.15, 0.2) is 0 Å². The maximum Gasteiger partial charge on any atom is 0.270 e. The van der Waals surface area contributed by atoms with Gasteiger partial charge in [-0.05, 0) is 36.2 Å². The molecule has 6 nitrogen and oxygen atoms in total. The maximum absolute atomic E-state index is 12.0. The third-order valence-corrected chi connectivity index (χ3v) is 2.83. The molecule has 1 aromatic heterocycles. The number of hydrogen-bond acceptors (Lipinski definition) is 5. The van der Waals surface area contributed by atoms with E-state index in [1.54, 1.807) is 30.3 Å². The average molecular weight is 295 g/mol. The van der Waals surface area contributed by atoms with Crippen molar-refractivity contribution in [2.45, 2.75) is 13.8 Å². The Morgan fingerprint density at radius 2 is 2.00 bits per heavy atom. The minimum absolute atomic E-state index is 0.223. The molecule has 0 bridgehead atoms. The number of nitriles is 1. The quantitative estimate of drug-likeness (QED) is 0.884.